The summed E-state index contributed by atoms with van der Waals surface area (Å²) < 4.78 is 5.00. The van der Waals surface area contributed by atoms with Crippen molar-refractivity contribution in [2.45, 2.75) is 27.7 Å². The lowest BCUT2D eigenvalue weighted by molar-refractivity contribution is 0.399. The van der Waals surface area contributed by atoms with Crippen molar-refractivity contribution < 1.29 is 4.52 Å². The summed E-state index contributed by atoms with van der Waals surface area (Å²) in [6, 6.07) is 1.85. The Morgan fingerprint density at radius 1 is 1.33 bits per heavy atom. The molecule has 4 nitrogen and oxygen atoms in total. The highest BCUT2D eigenvalue weighted by molar-refractivity contribution is 5.57. The number of aryl methyl sites for hydroxylation is 2. The molecule has 2 aromatic heterocycles. The number of hydrogen-bond acceptors (Lipinski definition) is 3. The minimum atomic E-state index is 0.720. The van der Waals surface area contributed by atoms with Gasteiger partial charge in [-0.1, -0.05) is 37.7 Å². The van der Waals surface area contributed by atoms with E-state index >= 15 is 0 Å². The van der Waals surface area contributed by atoms with Crippen molar-refractivity contribution in [1.82, 2.24) is 15.1 Å². The van der Waals surface area contributed by atoms with Gasteiger partial charge in [-0.2, -0.15) is 0 Å². The smallest absolute Gasteiger partial charge is 0.160 e. The Kier molecular flexibility index (Phi) is 5.11. The third-order valence-electron chi connectivity index (χ3n) is 2.18. The fraction of sp³-hybridized carbons (Fsp3) is 0.286. The minimum Gasteiger partial charge on any atom is -0.361 e. The molecule has 0 saturated heterocycles. The van der Waals surface area contributed by atoms with Gasteiger partial charge in [-0.05, 0) is 19.9 Å². The second-order valence-electron chi connectivity index (χ2n) is 3.51. The molecular formula is C14H19N3O. The Bertz CT molecular complexity index is 535. The largest absolute Gasteiger partial charge is 0.361 e. The van der Waals surface area contributed by atoms with Crippen LogP contribution in [0.2, 0.25) is 0 Å². The van der Waals surface area contributed by atoms with Crippen LogP contribution in [0.5, 0.6) is 0 Å². The molecule has 96 valence electrons. The first-order chi connectivity index (χ1) is 8.70. The standard InChI is InChI=1S/C12H13N3O.C2H6/c1-4-5-6-10-9(3)13-12(14-10)11-7-8(2)16-15-11;1-2/h4-7H,1H2,2-3H3,(H,13,14);1-2H3/b6-5-;. The van der Waals surface area contributed by atoms with E-state index in [-0.39, 0.29) is 0 Å². The Hall–Kier alpha value is -2.10. The quantitative estimate of drug-likeness (QED) is 0.834. The molecule has 0 atom stereocenters. The molecule has 0 radical (unpaired) electrons. The first-order valence-corrected chi connectivity index (χ1v) is 6.00. The molecular weight excluding hydrogens is 226 g/mol. The number of H-pyrrole nitrogens is 1. The summed E-state index contributed by atoms with van der Waals surface area (Å²) in [5.74, 6) is 1.49. The minimum absolute atomic E-state index is 0.720. The van der Waals surface area contributed by atoms with Crippen molar-refractivity contribution in [1.29, 1.82) is 0 Å². The van der Waals surface area contributed by atoms with Crippen molar-refractivity contribution in [3.8, 4) is 11.5 Å². The Morgan fingerprint density at radius 2 is 2.06 bits per heavy atom. The monoisotopic (exact) mass is 245 g/mol. The van der Waals surface area contributed by atoms with Crippen LogP contribution in [0.1, 0.15) is 31.0 Å². The molecule has 0 amide bonds. The molecule has 0 aliphatic carbocycles. The highest BCUT2D eigenvalue weighted by Crippen LogP contribution is 2.18. The number of aromatic nitrogens is 3. The van der Waals surface area contributed by atoms with Crippen LogP contribution >= 0.6 is 0 Å². The zero-order valence-electron chi connectivity index (χ0n) is 11.3. The maximum atomic E-state index is 5.00. The van der Waals surface area contributed by atoms with E-state index in [0.29, 0.717) is 0 Å². The molecule has 0 aromatic carbocycles. The third kappa shape index (κ3) is 3.20. The lowest BCUT2D eigenvalue weighted by Gasteiger charge is -1.83. The van der Waals surface area contributed by atoms with Crippen molar-refractivity contribution >= 4 is 6.08 Å². The van der Waals surface area contributed by atoms with Crippen LogP contribution in [0, 0.1) is 13.8 Å². The van der Waals surface area contributed by atoms with Crippen LogP contribution < -0.4 is 0 Å². The number of rotatable bonds is 3. The topological polar surface area (TPSA) is 54.7 Å². The van der Waals surface area contributed by atoms with Crippen molar-refractivity contribution in [3.63, 3.8) is 0 Å². The third-order valence-corrected chi connectivity index (χ3v) is 2.18. The zero-order valence-corrected chi connectivity index (χ0v) is 11.3. The predicted molar refractivity (Wildman–Crippen MR) is 74.1 cm³/mol. The van der Waals surface area contributed by atoms with E-state index in [1.165, 1.54) is 0 Å². The molecule has 1 N–H and O–H groups in total. The van der Waals surface area contributed by atoms with Crippen LogP contribution in [0.15, 0.2) is 29.3 Å². The van der Waals surface area contributed by atoms with Gasteiger partial charge < -0.3 is 9.51 Å². The number of nitrogens with one attached hydrogen (secondary N) is 1. The van der Waals surface area contributed by atoms with E-state index in [0.717, 1.165) is 28.7 Å². The van der Waals surface area contributed by atoms with E-state index in [1.807, 2.05) is 45.9 Å². The van der Waals surface area contributed by atoms with Gasteiger partial charge in [0.05, 0.1) is 5.69 Å². The summed E-state index contributed by atoms with van der Waals surface area (Å²) in [7, 11) is 0. The van der Waals surface area contributed by atoms with Gasteiger partial charge >= 0.3 is 0 Å². The van der Waals surface area contributed by atoms with Gasteiger partial charge in [0.1, 0.15) is 11.5 Å². The first-order valence-electron chi connectivity index (χ1n) is 6.00. The molecule has 0 aliphatic heterocycles. The van der Waals surface area contributed by atoms with E-state index in [4.69, 9.17) is 4.52 Å². The van der Waals surface area contributed by atoms with E-state index < -0.39 is 0 Å². The molecule has 2 rings (SSSR count). The van der Waals surface area contributed by atoms with Gasteiger partial charge in [0, 0.05) is 11.8 Å². The second kappa shape index (κ2) is 6.59. The summed E-state index contributed by atoms with van der Waals surface area (Å²) >= 11 is 0. The lowest BCUT2D eigenvalue weighted by Crippen LogP contribution is -1.79. The SMILES string of the molecule is C=C/C=C\c1nc(-c2cc(C)on2)[nH]c1C.CC. The molecule has 0 unspecified atom stereocenters. The molecule has 18 heavy (non-hydrogen) atoms. The molecule has 0 aliphatic rings. The van der Waals surface area contributed by atoms with Crippen LogP contribution in [-0.4, -0.2) is 15.1 Å². The van der Waals surface area contributed by atoms with Crippen molar-refractivity contribution in [3.05, 3.63) is 41.9 Å². The molecule has 2 heterocycles. The van der Waals surface area contributed by atoms with Gasteiger partial charge in [-0.3, -0.25) is 0 Å². The summed E-state index contributed by atoms with van der Waals surface area (Å²) in [4.78, 5) is 7.58. The molecule has 2 aromatic rings. The Morgan fingerprint density at radius 3 is 2.61 bits per heavy atom. The Balaban J connectivity index is 0.000000771. The Labute approximate surface area is 107 Å². The van der Waals surface area contributed by atoms with Gasteiger partial charge in [0.2, 0.25) is 0 Å². The highest BCUT2D eigenvalue weighted by Gasteiger charge is 2.09. The second-order valence-corrected chi connectivity index (χ2v) is 3.51. The van der Waals surface area contributed by atoms with Crippen LogP contribution in [0.25, 0.3) is 17.6 Å². The molecule has 0 spiro atoms. The summed E-state index contributed by atoms with van der Waals surface area (Å²) in [6.07, 6.45) is 5.46. The molecule has 0 bridgehead atoms. The van der Waals surface area contributed by atoms with E-state index in [1.54, 1.807) is 6.08 Å². The molecule has 0 fully saturated rings. The number of imidazole rings is 1. The van der Waals surface area contributed by atoms with Crippen molar-refractivity contribution in [2.75, 3.05) is 0 Å². The fourth-order valence-corrected chi connectivity index (χ4v) is 1.39. The van der Waals surface area contributed by atoms with Crippen LogP contribution in [0.3, 0.4) is 0 Å². The van der Waals surface area contributed by atoms with Crippen molar-refractivity contribution in [2.24, 2.45) is 0 Å². The normalized spacial score (nSPS) is 10.2. The molecule has 0 saturated carbocycles. The highest BCUT2D eigenvalue weighted by atomic mass is 16.5. The van der Waals surface area contributed by atoms with Gasteiger partial charge in [-0.15, -0.1) is 0 Å². The average molecular weight is 245 g/mol. The van der Waals surface area contributed by atoms with Gasteiger partial charge in [0.25, 0.3) is 0 Å². The maximum Gasteiger partial charge on any atom is 0.160 e. The van der Waals surface area contributed by atoms with Crippen LogP contribution in [0.4, 0.5) is 0 Å². The molecule has 4 heteroatoms. The zero-order chi connectivity index (χ0) is 13.5. The van der Waals surface area contributed by atoms with E-state index in [2.05, 4.69) is 21.7 Å². The first kappa shape index (κ1) is 14.0. The number of allylic oxidation sites excluding steroid dienone is 2. The van der Waals surface area contributed by atoms with E-state index in [9.17, 15) is 0 Å². The number of nitrogens with zero attached hydrogens (tertiary/aromatic N) is 2. The van der Waals surface area contributed by atoms with Gasteiger partial charge in [-0.25, -0.2) is 4.98 Å². The lowest BCUT2D eigenvalue weighted by atomic mass is 10.3. The summed E-state index contributed by atoms with van der Waals surface area (Å²) in [5, 5.41) is 3.91. The number of hydrogen-bond donors (Lipinski definition) is 1. The fourth-order valence-electron chi connectivity index (χ4n) is 1.39. The summed E-state index contributed by atoms with van der Waals surface area (Å²) in [5.41, 5.74) is 2.60. The van der Waals surface area contributed by atoms with Crippen LogP contribution in [-0.2, 0) is 0 Å². The maximum absolute atomic E-state index is 5.00. The summed E-state index contributed by atoms with van der Waals surface area (Å²) in [6.45, 7) is 11.4. The predicted octanol–water partition coefficient (Wildman–Crippen LogP) is 3.91. The number of aromatic amines is 1. The average Bonchev–Trinajstić information content (AvgIpc) is 2.96. The van der Waals surface area contributed by atoms with Gasteiger partial charge in [0.15, 0.2) is 5.82 Å².